The van der Waals surface area contributed by atoms with Crippen LogP contribution in [0, 0.1) is 10.1 Å². The van der Waals surface area contributed by atoms with Crippen LogP contribution in [0.25, 0.3) is 0 Å². The van der Waals surface area contributed by atoms with Gasteiger partial charge in [0.2, 0.25) is 0 Å². The molecule has 0 bridgehead atoms. The molecule has 1 rings (SSSR count). The highest BCUT2D eigenvalue weighted by atomic mass is 16.6. The first kappa shape index (κ1) is 13.1. The second kappa shape index (κ2) is 5.95. The zero-order valence-electron chi connectivity index (χ0n) is 9.55. The van der Waals surface area contributed by atoms with E-state index in [1.165, 1.54) is 18.2 Å². The molecule has 0 radical (unpaired) electrons. The van der Waals surface area contributed by atoms with Crippen molar-refractivity contribution in [2.24, 2.45) is 5.73 Å². The molecule has 0 aliphatic rings. The van der Waals surface area contributed by atoms with Crippen molar-refractivity contribution >= 4 is 11.6 Å². The maximum Gasteiger partial charge on any atom is 0.282 e. The lowest BCUT2D eigenvalue weighted by Gasteiger charge is -2.14. The van der Waals surface area contributed by atoms with Crippen LogP contribution in [0.4, 0.5) is 5.69 Å². The third kappa shape index (κ3) is 3.25. The number of carbonyl (C=O) groups is 1. The van der Waals surface area contributed by atoms with Gasteiger partial charge in [-0.25, -0.2) is 0 Å². The summed E-state index contributed by atoms with van der Waals surface area (Å²) in [4.78, 5) is 22.0. The molecule has 1 aromatic carbocycles. The number of nitro benzene ring substituents is 1. The number of benzene rings is 1. The van der Waals surface area contributed by atoms with Crippen LogP contribution in [0.1, 0.15) is 23.7 Å². The minimum atomic E-state index is -0.571. The van der Waals surface area contributed by atoms with Crippen LogP contribution in [0.3, 0.4) is 0 Å². The molecule has 3 N–H and O–H groups in total. The Morgan fingerprint density at radius 2 is 2.18 bits per heavy atom. The topological polar surface area (TPSA) is 98.3 Å². The van der Waals surface area contributed by atoms with E-state index in [0.29, 0.717) is 13.0 Å². The maximum absolute atomic E-state index is 11.8. The smallest absolute Gasteiger partial charge is 0.282 e. The van der Waals surface area contributed by atoms with Gasteiger partial charge >= 0.3 is 0 Å². The van der Waals surface area contributed by atoms with Crippen molar-refractivity contribution in [1.82, 2.24) is 5.32 Å². The van der Waals surface area contributed by atoms with Crippen LogP contribution in [0.2, 0.25) is 0 Å². The summed E-state index contributed by atoms with van der Waals surface area (Å²) in [5, 5.41) is 13.4. The Bertz CT molecular complexity index is 416. The molecular weight excluding hydrogens is 222 g/mol. The van der Waals surface area contributed by atoms with Gasteiger partial charge in [0.05, 0.1) is 4.92 Å². The number of nitrogens with zero attached hydrogens (tertiary/aromatic N) is 1. The molecule has 0 fully saturated rings. The van der Waals surface area contributed by atoms with Gasteiger partial charge in [0, 0.05) is 18.7 Å². The second-order valence-corrected chi connectivity index (χ2v) is 3.59. The summed E-state index contributed by atoms with van der Waals surface area (Å²) in [6.45, 7) is 2.19. The Labute approximate surface area is 99.0 Å². The molecule has 0 saturated carbocycles. The normalized spacial score (nSPS) is 11.9. The van der Waals surface area contributed by atoms with E-state index in [2.05, 4.69) is 5.32 Å². The number of hydrogen-bond donors (Lipinski definition) is 2. The van der Waals surface area contributed by atoms with Crippen molar-refractivity contribution in [2.45, 2.75) is 19.4 Å². The Hall–Kier alpha value is -1.95. The van der Waals surface area contributed by atoms with Crippen LogP contribution in [-0.4, -0.2) is 23.4 Å². The lowest BCUT2D eigenvalue weighted by atomic mass is 10.1. The largest absolute Gasteiger partial charge is 0.348 e. The third-order valence-corrected chi connectivity index (χ3v) is 2.46. The summed E-state index contributed by atoms with van der Waals surface area (Å²) >= 11 is 0. The van der Waals surface area contributed by atoms with Gasteiger partial charge in [-0.2, -0.15) is 0 Å². The molecule has 92 valence electrons. The molecule has 0 aromatic heterocycles. The minimum Gasteiger partial charge on any atom is -0.348 e. The molecule has 6 heteroatoms. The summed E-state index contributed by atoms with van der Waals surface area (Å²) in [5.41, 5.74) is 5.32. The van der Waals surface area contributed by atoms with E-state index < -0.39 is 10.8 Å². The molecule has 0 aliphatic heterocycles. The zero-order valence-corrected chi connectivity index (χ0v) is 9.55. The van der Waals surface area contributed by atoms with Gasteiger partial charge in [-0.05, 0) is 12.5 Å². The fourth-order valence-corrected chi connectivity index (χ4v) is 1.42. The molecule has 1 amide bonds. The van der Waals surface area contributed by atoms with Gasteiger partial charge in [-0.3, -0.25) is 14.9 Å². The van der Waals surface area contributed by atoms with Crippen molar-refractivity contribution < 1.29 is 9.72 Å². The molecule has 0 saturated heterocycles. The number of nitrogens with two attached hydrogens (primary N) is 1. The lowest BCUT2D eigenvalue weighted by molar-refractivity contribution is -0.385. The number of nitrogens with one attached hydrogen (secondary N) is 1. The number of para-hydroxylation sites is 1. The van der Waals surface area contributed by atoms with E-state index >= 15 is 0 Å². The number of nitro groups is 1. The minimum absolute atomic E-state index is 0.0596. The number of rotatable bonds is 5. The van der Waals surface area contributed by atoms with Gasteiger partial charge in [0.15, 0.2) is 0 Å². The maximum atomic E-state index is 11.8. The van der Waals surface area contributed by atoms with E-state index in [-0.39, 0.29) is 17.3 Å². The van der Waals surface area contributed by atoms with Gasteiger partial charge in [-0.15, -0.1) is 0 Å². The summed E-state index contributed by atoms with van der Waals surface area (Å²) < 4.78 is 0. The van der Waals surface area contributed by atoms with E-state index in [9.17, 15) is 14.9 Å². The van der Waals surface area contributed by atoms with Gasteiger partial charge in [-0.1, -0.05) is 19.1 Å². The third-order valence-electron chi connectivity index (χ3n) is 2.46. The summed E-state index contributed by atoms with van der Waals surface area (Å²) in [6.07, 6.45) is 0.683. The van der Waals surface area contributed by atoms with Crippen LogP contribution in [0.5, 0.6) is 0 Å². The molecule has 1 unspecified atom stereocenters. The van der Waals surface area contributed by atoms with Crippen molar-refractivity contribution in [3.8, 4) is 0 Å². The highest BCUT2D eigenvalue weighted by Gasteiger charge is 2.20. The fraction of sp³-hybridized carbons (Fsp3) is 0.364. The summed E-state index contributed by atoms with van der Waals surface area (Å²) in [5.74, 6) is -0.463. The predicted octanol–water partition coefficient (Wildman–Crippen LogP) is 1.06. The van der Waals surface area contributed by atoms with Gasteiger partial charge in [0.25, 0.3) is 11.6 Å². The fourth-order valence-electron chi connectivity index (χ4n) is 1.42. The lowest BCUT2D eigenvalue weighted by Crippen LogP contribution is -2.39. The average molecular weight is 237 g/mol. The standard InChI is InChI=1S/C11H15N3O3/c1-2-8(7-12)13-11(15)9-5-3-4-6-10(9)14(16)17/h3-6,8H,2,7,12H2,1H3,(H,13,15). The van der Waals surface area contributed by atoms with E-state index in [0.717, 1.165) is 0 Å². The highest BCUT2D eigenvalue weighted by Crippen LogP contribution is 2.17. The monoisotopic (exact) mass is 237 g/mol. The van der Waals surface area contributed by atoms with Gasteiger partial charge < -0.3 is 11.1 Å². The molecule has 1 aromatic rings. The van der Waals surface area contributed by atoms with E-state index in [1.54, 1.807) is 6.07 Å². The van der Waals surface area contributed by atoms with Crippen molar-refractivity contribution in [3.05, 3.63) is 39.9 Å². The molecule has 0 heterocycles. The Kier molecular flexibility index (Phi) is 4.59. The first-order valence-electron chi connectivity index (χ1n) is 5.34. The van der Waals surface area contributed by atoms with Crippen LogP contribution < -0.4 is 11.1 Å². The SMILES string of the molecule is CCC(CN)NC(=O)c1ccccc1[N+](=O)[O-]. The Morgan fingerprint density at radius 3 is 2.71 bits per heavy atom. The quantitative estimate of drug-likeness (QED) is 0.591. The molecule has 6 nitrogen and oxygen atoms in total. The number of carbonyl (C=O) groups excluding carboxylic acids is 1. The highest BCUT2D eigenvalue weighted by molar-refractivity contribution is 5.98. The van der Waals surface area contributed by atoms with E-state index in [1.807, 2.05) is 6.92 Å². The summed E-state index contributed by atoms with van der Waals surface area (Å²) in [6, 6.07) is 5.68. The van der Waals surface area contributed by atoms with Crippen LogP contribution in [0.15, 0.2) is 24.3 Å². The van der Waals surface area contributed by atoms with Crippen molar-refractivity contribution in [2.75, 3.05) is 6.54 Å². The molecular formula is C11H15N3O3. The number of hydrogen-bond acceptors (Lipinski definition) is 4. The molecule has 0 aliphatic carbocycles. The average Bonchev–Trinajstić information content (AvgIpc) is 2.35. The van der Waals surface area contributed by atoms with Gasteiger partial charge in [0.1, 0.15) is 5.56 Å². The van der Waals surface area contributed by atoms with Crippen LogP contribution >= 0.6 is 0 Å². The van der Waals surface area contributed by atoms with Crippen molar-refractivity contribution in [3.63, 3.8) is 0 Å². The predicted molar refractivity (Wildman–Crippen MR) is 63.7 cm³/mol. The Morgan fingerprint density at radius 1 is 1.53 bits per heavy atom. The number of amides is 1. The second-order valence-electron chi connectivity index (χ2n) is 3.59. The summed E-state index contributed by atoms with van der Waals surface area (Å²) in [7, 11) is 0. The van der Waals surface area contributed by atoms with E-state index in [4.69, 9.17) is 5.73 Å². The first-order chi connectivity index (χ1) is 8.10. The first-order valence-corrected chi connectivity index (χ1v) is 5.34. The molecule has 1 atom stereocenters. The van der Waals surface area contributed by atoms with Crippen LogP contribution in [-0.2, 0) is 0 Å². The Balaban J connectivity index is 2.92. The molecule has 0 spiro atoms. The zero-order chi connectivity index (χ0) is 12.8. The van der Waals surface area contributed by atoms with Crippen molar-refractivity contribution in [1.29, 1.82) is 0 Å². The molecule has 17 heavy (non-hydrogen) atoms.